The molecule has 2 N–H and O–H groups in total. The average molecular weight is 349 g/mol. The molecule has 0 spiro atoms. The van der Waals surface area contributed by atoms with E-state index >= 15 is 0 Å². The highest BCUT2D eigenvalue weighted by molar-refractivity contribution is 6.31. The summed E-state index contributed by atoms with van der Waals surface area (Å²) in [6.45, 7) is 5.93. The smallest absolute Gasteiger partial charge is 0.141 e. The third kappa shape index (κ3) is 3.37. The van der Waals surface area contributed by atoms with Gasteiger partial charge >= 0.3 is 0 Å². The van der Waals surface area contributed by atoms with Gasteiger partial charge in [0.1, 0.15) is 17.5 Å². The van der Waals surface area contributed by atoms with Gasteiger partial charge in [0.15, 0.2) is 0 Å². The molecular formula is C18H22ClFN4. The van der Waals surface area contributed by atoms with Crippen molar-refractivity contribution in [3.63, 3.8) is 0 Å². The lowest BCUT2D eigenvalue weighted by Crippen LogP contribution is -2.29. The van der Waals surface area contributed by atoms with E-state index in [0.29, 0.717) is 11.8 Å². The number of hydrogen-bond donors (Lipinski definition) is 2. The molecule has 0 saturated carbocycles. The molecule has 1 aromatic heterocycles. The van der Waals surface area contributed by atoms with Gasteiger partial charge in [-0.1, -0.05) is 25.4 Å². The van der Waals surface area contributed by atoms with Crippen LogP contribution in [-0.4, -0.2) is 28.5 Å². The third-order valence-corrected chi connectivity index (χ3v) is 4.75. The highest BCUT2D eigenvalue weighted by Gasteiger charge is 2.24. The summed E-state index contributed by atoms with van der Waals surface area (Å²) in [5, 5.41) is 11.9. The van der Waals surface area contributed by atoms with E-state index in [0.717, 1.165) is 43.0 Å². The van der Waals surface area contributed by atoms with Crippen molar-refractivity contribution in [1.82, 2.24) is 14.9 Å². The first kappa shape index (κ1) is 17.1. The lowest BCUT2D eigenvalue weighted by molar-refractivity contribution is 0.442. The van der Waals surface area contributed by atoms with Gasteiger partial charge in [-0.3, -0.25) is 9.98 Å². The molecule has 1 aromatic carbocycles. The Morgan fingerprint density at radius 3 is 2.71 bits per heavy atom. The second-order valence-corrected chi connectivity index (χ2v) is 6.95. The van der Waals surface area contributed by atoms with Gasteiger partial charge in [0, 0.05) is 23.6 Å². The molecule has 1 fully saturated rings. The van der Waals surface area contributed by atoms with Gasteiger partial charge in [-0.2, -0.15) is 0 Å². The minimum Gasteiger partial charge on any atom is -0.317 e. The molecule has 1 aliphatic rings. The van der Waals surface area contributed by atoms with Crippen molar-refractivity contribution in [3.8, 4) is 11.3 Å². The summed E-state index contributed by atoms with van der Waals surface area (Å²) in [6, 6.07) is 4.63. The summed E-state index contributed by atoms with van der Waals surface area (Å²) >= 11 is 5.91. The molecule has 0 unspecified atom stereocenters. The predicted molar refractivity (Wildman–Crippen MR) is 95.4 cm³/mol. The molecule has 0 amide bonds. The highest BCUT2D eigenvalue weighted by atomic mass is 35.5. The number of nitrogens with one attached hydrogen (secondary N) is 2. The van der Waals surface area contributed by atoms with Gasteiger partial charge in [-0.15, -0.1) is 0 Å². The Hall–Kier alpha value is -1.72. The maximum absolute atomic E-state index is 13.4. The van der Waals surface area contributed by atoms with Crippen LogP contribution in [0.1, 0.15) is 38.4 Å². The molecular weight excluding hydrogens is 327 g/mol. The van der Waals surface area contributed by atoms with E-state index < -0.39 is 5.82 Å². The first-order chi connectivity index (χ1) is 11.5. The van der Waals surface area contributed by atoms with Crippen molar-refractivity contribution in [2.75, 3.05) is 13.1 Å². The van der Waals surface area contributed by atoms with Gasteiger partial charge in [-0.05, 0) is 44.1 Å². The fourth-order valence-electron chi connectivity index (χ4n) is 3.03. The fourth-order valence-corrected chi connectivity index (χ4v) is 3.21. The molecule has 1 saturated heterocycles. The van der Waals surface area contributed by atoms with E-state index in [1.807, 2.05) is 24.6 Å². The van der Waals surface area contributed by atoms with Gasteiger partial charge in [0.2, 0.25) is 0 Å². The van der Waals surface area contributed by atoms with E-state index in [4.69, 9.17) is 22.0 Å². The molecule has 3 rings (SSSR count). The Bertz CT molecular complexity index is 747. The Balaban J connectivity index is 2.04. The lowest BCUT2D eigenvalue weighted by Gasteiger charge is -2.23. The monoisotopic (exact) mass is 348 g/mol. The largest absolute Gasteiger partial charge is 0.317 e. The zero-order valence-electron chi connectivity index (χ0n) is 13.9. The van der Waals surface area contributed by atoms with Gasteiger partial charge in [0.25, 0.3) is 0 Å². The molecule has 0 bridgehead atoms. The molecule has 1 aliphatic heterocycles. The highest BCUT2D eigenvalue weighted by Crippen LogP contribution is 2.30. The topological polar surface area (TPSA) is 53.7 Å². The lowest BCUT2D eigenvalue weighted by atomic mass is 9.97. The van der Waals surface area contributed by atoms with Crippen molar-refractivity contribution in [1.29, 1.82) is 5.41 Å². The first-order valence-corrected chi connectivity index (χ1v) is 8.69. The van der Waals surface area contributed by atoms with Crippen LogP contribution in [0.5, 0.6) is 0 Å². The zero-order valence-corrected chi connectivity index (χ0v) is 14.7. The van der Waals surface area contributed by atoms with Crippen LogP contribution >= 0.6 is 11.6 Å². The molecule has 0 radical (unpaired) electrons. The van der Waals surface area contributed by atoms with Crippen molar-refractivity contribution in [3.05, 3.63) is 41.1 Å². The molecule has 128 valence electrons. The summed E-state index contributed by atoms with van der Waals surface area (Å²) in [5.41, 5.74) is 1.50. The predicted octanol–water partition coefficient (Wildman–Crippen LogP) is 4.29. The maximum Gasteiger partial charge on any atom is 0.141 e. The SMILES string of the molecule is CC(C)C(=N)n1cc(-c2ccc(F)c(Cl)c2)nc1C1CCNCC1. The van der Waals surface area contributed by atoms with Crippen LogP contribution in [-0.2, 0) is 0 Å². The molecule has 24 heavy (non-hydrogen) atoms. The number of rotatable bonds is 3. The number of halogens is 2. The van der Waals surface area contributed by atoms with Crippen LogP contribution in [0.25, 0.3) is 11.3 Å². The van der Waals surface area contributed by atoms with Gasteiger partial charge < -0.3 is 5.32 Å². The van der Waals surface area contributed by atoms with Crippen LogP contribution < -0.4 is 5.32 Å². The van der Waals surface area contributed by atoms with Gasteiger partial charge in [0.05, 0.1) is 10.7 Å². The van der Waals surface area contributed by atoms with Crippen LogP contribution in [0.3, 0.4) is 0 Å². The van der Waals surface area contributed by atoms with Crippen LogP contribution in [0.4, 0.5) is 4.39 Å². The average Bonchev–Trinajstić information content (AvgIpc) is 3.02. The second-order valence-electron chi connectivity index (χ2n) is 6.55. The minimum absolute atomic E-state index is 0.0874. The number of benzene rings is 1. The normalized spacial score (nSPS) is 15.9. The van der Waals surface area contributed by atoms with E-state index in [-0.39, 0.29) is 10.9 Å². The van der Waals surface area contributed by atoms with Crippen LogP contribution in [0, 0.1) is 17.1 Å². The van der Waals surface area contributed by atoms with Crippen molar-refractivity contribution in [2.24, 2.45) is 5.92 Å². The van der Waals surface area contributed by atoms with E-state index in [2.05, 4.69) is 5.32 Å². The van der Waals surface area contributed by atoms with E-state index in [9.17, 15) is 4.39 Å². The van der Waals surface area contributed by atoms with E-state index in [1.165, 1.54) is 6.07 Å². The van der Waals surface area contributed by atoms with Crippen molar-refractivity contribution in [2.45, 2.75) is 32.6 Å². The Morgan fingerprint density at radius 2 is 2.08 bits per heavy atom. The first-order valence-electron chi connectivity index (χ1n) is 8.31. The standard InChI is InChI=1S/C18H22ClFN4/c1-11(2)17(21)24-10-16(13-3-4-15(20)14(19)9-13)23-18(24)12-5-7-22-8-6-12/h3-4,9-12,21-22H,5-8H2,1-2H3. The van der Waals surface area contributed by atoms with Crippen LogP contribution in [0.15, 0.2) is 24.4 Å². The van der Waals surface area contributed by atoms with E-state index in [1.54, 1.807) is 12.1 Å². The fraction of sp³-hybridized carbons (Fsp3) is 0.444. The van der Waals surface area contributed by atoms with Crippen LogP contribution in [0.2, 0.25) is 5.02 Å². The Morgan fingerprint density at radius 1 is 1.38 bits per heavy atom. The third-order valence-electron chi connectivity index (χ3n) is 4.46. The molecule has 0 atom stereocenters. The molecule has 2 heterocycles. The zero-order chi connectivity index (χ0) is 17.3. The molecule has 6 heteroatoms. The number of aromatic nitrogens is 2. The summed E-state index contributed by atoms with van der Waals surface area (Å²) < 4.78 is 15.3. The summed E-state index contributed by atoms with van der Waals surface area (Å²) in [4.78, 5) is 4.79. The quantitative estimate of drug-likeness (QED) is 0.642. The van der Waals surface area contributed by atoms with Crippen molar-refractivity contribution < 1.29 is 4.39 Å². The number of hydrogen-bond acceptors (Lipinski definition) is 3. The maximum atomic E-state index is 13.4. The molecule has 0 aliphatic carbocycles. The minimum atomic E-state index is -0.437. The van der Waals surface area contributed by atoms with Gasteiger partial charge in [-0.25, -0.2) is 9.37 Å². The summed E-state index contributed by atoms with van der Waals surface area (Å²) in [5.74, 6) is 1.44. The molecule has 4 nitrogen and oxygen atoms in total. The Labute approximate surface area is 146 Å². The second kappa shape index (κ2) is 7.03. The Kier molecular flexibility index (Phi) is 5.01. The molecule has 2 aromatic rings. The van der Waals surface area contributed by atoms with Crippen molar-refractivity contribution >= 4 is 17.4 Å². The summed E-state index contributed by atoms with van der Waals surface area (Å²) in [7, 11) is 0. The number of nitrogens with zero attached hydrogens (tertiary/aromatic N) is 2. The number of piperidine rings is 1. The number of imidazole rings is 1. The summed E-state index contributed by atoms with van der Waals surface area (Å²) in [6.07, 6.45) is 3.89.